The van der Waals surface area contributed by atoms with Crippen LogP contribution in [0.5, 0.6) is 0 Å². The lowest BCUT2D eigenvalue weighted by Gasteiger charge is -2.06. The molecule has 1 aliphatic heterocycles. The van der Waals surface area contributed by atoms with Crippen LogP contribution in [-0.4, -0.2) is 27.2 Å². The number of nitrogens with zero attached hydrogens (tertiary/aromatic N) is 2. The monoisotopic (exact) mass is 380 g/mol. The highest BCUT2D eigenvalue weighted by Crippen LogP contribution is 2.34. The van der Waals surface area contributed by atoms with E-state index in [4.69, 9.17) is 0 Å². The van der Waals surface area contributed by atoms with Gasteiger partial charge in [0.1, 0.15) is 5.82 Å². The van der Waals surface area contributed by atoms with E-state index in [1.54, 1.807) is 25.1 Å². The number of hydrogen-bond donors (Lipinski definition) is 0. The molecule has 4 nitrogen and oxygen atoms in total. The minimum Gasteiger partial charge on any atom is -0.342 e. The van der Waals surface area contributed by atoms with Gasteiger partial charge in [-0.15, -0.1) is 0 Å². The number of aromatic nitrogens is 1. The van der Waals surface area contributed by atoms with Crippen molar-refractivity contribution < 1.29 is 14.0 Å². The van der Waals surface area contributed by atoms with Crippen molar-refractivity contribution in [2.24, 2.45) is 0 Å². The molecule has 136 valence electrons. The molecule has 0 aliphatic carbocycles. The molecule has 0 bridgehead atoms. The molecule has 0 saturated carbocycles. The van der Waals surface area contributed by atoms with Crippen molar-refractivity contribution in [2.75, 3.05) is 6.54 Å². The highest BCUT2D eigenvalue weighted by atomic mass is 32.2. The molecule has 2 amide bonds. The normalized spacial score (nSPS) is 16.1. The van der Waals surface area contributed by atoms with Gasteiger partial charge in [0.15, 0.2) is 0 Å². The number of carbonyl (C=O) groups is 2. The topological polar surface area (TPSA) is 42.3 Å². The maximum Gasteiger partial charge on any atom is 0.293 e. The molecule has 6 heteroatoms. The average Bonchev–Trinajstić information content (AvgIpc) is 3.14. The minimum absolute atomic E-state index is 0.233. The Morgan fingerprint density at radius 1 is 1.07 bits per heavy atom. The number of thioether (sulfide) groups is 1. The number of hydrogen-bond acceptors (Lipinski definition) is 3. The van der Waals surface area contributed by atoms with Crippen LogP contribution in [0.2, 0.25) is 0 Å². The highest BCUT2D eigenvalue weighted by molar-refractivity contribution is 8.18. The van der Waals surface area contributed by atoms with E-state index in [0.717, 1.165) is 33.8 Å². The Morgan fingerprint density at radius 3 is 2.52 bits per heavy atom. The van der Waals surface area contributed by atoms with Crippen LogP contribution in [0.25, 0.3) is 17.0 Å². The maximum atomic E-state index is 13.2. The van der Waals surface area contributed by atoms with Gasteiger partial charge >= 0.3 is 0 Å². The molecular weight excluding hydrogens is 363 g/mol. The molecule has 1 aromatic heterocycles. The summed E-state index contributed by atoms with van der Waals surface area (Å²) < 4.78 is 15.2. The van der Waals surface area contributed by atoms with Crippen LogP contribution in [0.3, 0.4) is 0 Å². The summed E-state index contributed by atoms with van der Waals surface area (Å²) >= 11 is 0.972. The van der Waals surface area contributed by atoms with Crippen LogP contribution in [-0.2, 0) is 11.3 Å². The third kappa shape index (κ3) is 3.28. The molecule has 1 saturated heterocycles. The van der Waals surface area contributed by atoms with Gasteiger partial charge in [-0.25, -0.2) is 4.39 Å². The maximum absolute atomic E-state index is 13.2. The summed E-state index contributed by atoms with van der Waals surface area (Å²) in [5, 5.41) is 0.770. The van der Waals surface area contributed by atoms with Gasteiger partial charge in [0.2, 0.25) is 0 Å². The fraction of sp³-hybridized carbons (Fsp3) is 0.143. The van der Waals surface area contributed by atoms with E-state index >= 15 is 0 Å². The van der Waals surface area contributed by atoms with Crippen LogP contribution in [0.4, 0.5) is 9.18 Å². The van der Waals surface area contributed by atoms with E-state index in [-0.39, 0.29) is 17.0 Å². The van der Waals surface area contributed by atoms with Crippen molar-refractivity contribution >= 4 is 39.9 Å². The molecular formula is C21H17FN2O2S. The smallest absolute Gasteiger partial charge is 0.293 e. The lowest BCUT2D eigenvalue weighted by atomic mass is 10.1. The number of carbonyl (C=O) groups excluding carboxylic acids is 2. The van der Waals surface area contributed by atoms with Crippen LogP contribution < -0.4 is 0 Å². The molecule has 0 N–H and O–H groups in total. The standard InChI is InChI=1S/C21H17FN2O2S/c1-2-24-20(25)19(27-21(24)26)11-15-13-23(18-6-4-3-5-17(15)18)12-14-7-9-16(22)10-8-14/h3-11,13H,2,12H2,1H3/b19-11+. The predicted octanol–water partition coefficient (Wildman–Crippen LogP) is 4.88. The van der Waals surface area contributed by atoms with E-state index in [0.29, 0.717) is 18.0 Å². The third-order valence-electron chi connectivity index (χ3n) is 4.56. The Balaban J connectivity index is 1.74. The lowest BCUT2D eigenvalue weighted by Crippen LogP contribution is -2.27. The Labute approximate surface area is 160 Å². The molecule has 2 aromatic carbocycles. The van der Waals surface area contributed by atoms with Gasteiger partial charge in [0.05, 0.1) is 4.91 Å². The predicted molar refractivity (Wildman–Crippen MR) is 106 cm³/mol. The molecule has 1 aliphatic rings. The van der Waals surface area contributed by atoms with E-state index < -0.39 is 0 Å². The van der Waals surface area contributed by atoms with Crippen LogP contribution in [0.1, 0.15) is 18.1 Å². The zero-order chi connectivity index (χ0) is 19.0. The molecule has 0 unspecified atom stereocenters. The molecule has 0 spiro atoms. The first-order valence-electron chi connectivity index (χ1n) is 8.64. The number of imide groups is 1. The van der Waals surface area contributed by atoms with Gasteiger partial charge in [0, 0.05) is 35.8 Å². The number of amides is 2. The van der Waals surface area contributed by atoms with Crippen LogP contribution >= 0.6 is 11.8 Å². The molecule has 1 fully saturated rings. The lowest BCUT2D eigenvalue weighted by molar-refractivity contribution is -0.122. The molecule has 4 rings (SSSR count). The van der Waals surface area contributed by atoms with Gasteiger partial charge in [-0.05, 0) is 48.5 Å². The van der Waals surface area contributed by atoms with E-state index in [2.05, 4.69) is 4.57 Å². The number of rotatable bonds is 4. The first kappa shape index (κ1) is 17.5. The fourth-order valence-electron chi connectivity index (χ4n) is 3.22. The number of halogens is 1. The Hall–Kier alpha value is -2.86. The first-order valence-corrected chi connectivity index (χ1v) is 9.46. The van der Waals surface area contributed by atoms with Gasteiger partial charge in [0.25, 0.3) is 11.1 Å². The second kappa shape index (κ2) is 7.04. The number of likely N-dealkylation sites (N-methyl/N-ethyl adjacent to an activating group) is 1. The average molecular weight is 380 g/mol. The minimum atomic E-state index is -0.261. The summed E-state index contributed by atoms with van der Waals surface area (Å²) in [6, 6.07) is 14.3. The van der Waals surface area contributed by atoms with E-state index in [1.165, 1.54) is 17.0 Å². The zero-order valence-corrected chi connectivity index (χ0v) is 15.5. The Bertz CT molecular complexity index is 1070. The summed E-state index contributed by atoms with van der Waals surface area (Å²) in [7, 11) is 0. The SMILES string of the molecule is CCN1C(=O)S/C(=C/c2cn(Cc3ccc(F)cc3)c3ccccc23)C1=O. The quantitative estimate of drug-likeness (QED) is 0.606. The zero-order valence-electron chi connectivity index (χ0n) is 14.7. The number of para-hydroxylation sites is 1. The first-order chi connectivity index (χ1) is 13.1. The highest BCUT2D eigenvalue weighted by Gasteiger charge is 2.33. The van der Waals surface area contributed by atoms with E-state index in [9.17, 15) is 14.0 Å². The van der Waals surface area contributed by atoms with Crippen molar-refractivity contribution in [1.82, 2.24) is 9.47 Å². The van der Waals surface area contributed by atoms with Crippen molar-refractivity contribution in [3.8, 4) is 0 Å². The van der Waals surface area contributed by atoms with Crippen LogP contribution in [0.15, 0.2) is 59.6 Å². The number of fused-ring (bicyclic) bond motifs is 1. The van der Waals surface area contributed by atoms with Crippen molar-refractivity contribution in [3.63, 3.8) is 0 Å². The second-order valence-electron chi connectivity index (χ2n) is 6.28. The summed E-state index contributed by atoms with van der Waals surface area (Å²) in [5.74, 6) is -0.508. The Kier molecular flexibility index (Phi) is 4.58. The molecule has 3 aromatic rings. The fourth-order valence-corrected chi connectivity index (χ4v) is 4.12. The summed E-state index contributed by atoms with van der Waals surface area (Å²) in [5.41, 5.74) is 2.88. The molecule has 2 heterocycles. The van der Waals surface area contributed by atoms with E-state index in [1.807, 2.05) is 30.5 Å². The third-order valence-corrected chi connectivity index (χ3v) is 5.47. The van der Waals surface area contributed by atoms with Gasteiger partial charge in [-0.1, -0.05) is 30.3 Å². The van der Waals surface area contributed by atoms with Gasteiger partial charge < -0.3 is 4.57 Å². The Morgan fingerprint density at radius 2 is 1.81 bits per heavy atom. The van der Waals surface area contributed by atoms with Crippen molar-refractivity contribution in [1.29, 1.82) is 0 Å². The van der Waals surface area contributed by atoms with Crippen molar-refractivity contribution in [2.45, 2.75) is 13.5 Å². The molecule has 0 radical (unpaired) electrons. The summed E-state index contributed by atoms with van der Waals surface area (Å²) in [4.78, 5) is 26.0. The number of benzene rings is 2. The largest absolute Gasteiger partial charge is 0.342 e. The summed E-state index contributed by atoms with van der Waals surface area (Å²) in [6.45, 7) is 2.74. The van der Waals surface area contributed by atoms with Crippen molar-refractivity contribution in [3.05, 3.63) is 76.6 Å². The second-order valence-corrected chi connectivity index (χ2v) is 7.28. The molecule has 0 atom stereocenters. The summed E-state index contributed by atoms with van der Waals surface area (Å²) in [6.07, 6.45) is 3.75. The molecule has 27 heavy (non-hydrogen) atoms. The van der Waals surface area contributed by atoms with Gasteiger partial charge in [-0.3, -0.25) is 14.5 Å². The van der Waals surface area contributed by atoms with Crippen LogP contribution in [0, 0.1) is 5.82 Å². The van der Waals surface area contributed by atoms with Gasteiger partial charge in [-0.2, -0.15) is 0 Å².